The minimum atomic E-state index is 0.712. The molecule has 0 radical (unpaired) electrons. The summed E-state index contributed by atoms with van der Waals surface area (Å²) >= 11 is 0. The Hall–Kier alpha value is -2.10. The predicted molar refractivity (Wildman–Crippen MR) is 55.9 cm³/mol. The molecule has 0 atom stereocenters. The molecule has 0 saturated carbocycles. The van der Waals surface area contributed by atoms with Crippen molar-refractivity contribution in [2.45, 2.75) is 6.92 Å². The Balaban J connectivity index is 2.19. The molecule has 0 unspecified atom stereocenters. The number of aryl methyl sites for hydroxylation is 1. The second kappa shape index (κ2) is 2.95. The summed E-state index contributed by atoms with van der Waals surface area (Å²) in [7, 11) is 0. The molecule has 2 aromatic heterocycles. The van der Waals surface area contributed by atoms with Crippen molar-refractivity contribution in [3.8, 4) is 5.82 Å². The van der Waals surface area contributed by atoms with E-state index in [1.807, 2.05) is 43.5 Å². The zero-order valence-corrected chi connectivity index (χ0v) is 8.21. The van der Waals surface area contributed by atoms with Crippen LogP contribution in [0.4, 0.5) is 0 Å². The van der Waals surface area contributed by atoms with Crippen LogP contribution in [0.1, 0.15) is 5.76 Å². The molecule has 0 N–H and O–H groups in total. The van der Waals surface area contributed by atoms with Crippen LogP contribution >= 0.6 is 0 Å². The minimum absolute atomic E-state index is 0.712. The van der Waals surface area contributed by atoms with Gasteiger partial charge in [-0.25, -0.2) is 4.68 Å². The summed E-state index contributed by atoms with van der Waals surface area (Å²) in [6, 6.07) is 9.80. The van der Waals surface area contributed by atoms with Crippen molar-refractivity contribution in [1.82, 2.24) is 14.9 Å². The van der Waals surface area contributed by atoms with Gasteiger partial charge in [0.2, 0.25) is 0 Å². The molecule has 1 aromatic carbocycles. The third-order valence-electron chi connectivity index (χ3n) is 2.26. The maximum absolute atomic E-state index is 5.00. The highest BCUT2D eigenvalue weighted by Crippen LogP contribution is 2.14. The maximum atomic E-state index is 5.00. The summed E-state index contributed by atoms with van der Waals surface area (Å²) in [5.74, 6) is 1.49. The van der Waals surface area contributed by atoms with E-state index < -0.39 is 0 Å². The summed E-state index contributed by atoms with van der Waals surface area (Å²) in [6.45, 7) is 1.86. The Kier molecular flexibility index (Phi) is 1.62. The lowest BCUT2D eigenvalue weighted by Gasteiger charge is -1.89. The highest BCUT2D eigenvalue weighted by molar-refractivity contribution is 5.78. The highest BCUT2D eigenvalue weighted by Gasteiger charge is 2.05. The van der Waals surface area contributed by atoms with Crippen molar-refractivity contribution in [3.05, 3.63) is 42.3 Å². The van der Waals surface area contributed by atoms with Crippen LogP contribution in [0.15, 0.2) is 41.1 Å². The average molecular weight is 199 g/mol. The largest absolute Gasteiger partial charge is 0.359 e. The van der Waals surface area contributed by atoms with Crippen molar-refractivity contribution in [1.29, 1.82) is 0 Å². The number of aromatic nitrogens is 3. The second-order valence-electron chi connectivity index (χ2n) is 3.43. The van der Waals surface area contributed by atoms with Gasteiger partial charge in [0.25, 0.3) is 0 Å². The number of fused-ring (bicyclic) bond motifs is 1. The SMILES string of the molecule is Cc1cc(-n2cc3ccccc3n2)no1. The molecular formula is C11H9N3O. The Morgan fingerprint density at radius 3 is 2.87 bits per heavy atom. The lowest BCUT2D eigenvalue weighted by Crippen LogP contribution is -1.93. The Morgan fingerprint density at radius 1 is 1.27 bits per heavy atom. The molecule has 0 aliphatic rings. The number of hydrogen-bond acceptors (Lipinski definition) is 3. The van der Waals surface area contributed by atoms with Gasteiger partial charge in [-0.15, -0.1) is 0 Å². The van der Waals surface area contributed by atoms with Crippen molar-refractivity contribution < 1.29 is 4.52 Å². The summed E-state index contributed by atoms with van der Waals surface area (Å²) in [5, 5.41) is 9.39. The zero-order chi connectivity index (χ0) is 10.3. The molecule has 0 aliphatic heterocycles. The van der Waals surface area contributed by atoms with Gasteiger partial charge in [0, 0.05) is 17.6 Å². The van der Waals surface area contributed by atoms with Gasteiger partial charge in [-0.3, -0.25) is 0 Å². The van der Waals surface area contributed by atoms with Crippen LogP contribution in [0.5, 0.6) is 0 Å². The van der Waals surface area contributed by atoms with Gasteiger partial charge in [-0.2, -0.15) is 5.10 Å². The molecule has 0 bridgehead atoms. The molecule has 0 fully saturated rings. The van der Waals surface area contributed by atoms with Gasteiger partial charge in [-0.1, -0.05) is 23.4 Å². The summed E-state index contributed by atoms with van der Waals surface area (Å²) in [4.78, 5) is 0. The zero-order valence-electron chi connectivity index (χ0n) is 8.21. The van der Waals surface area contributed by atoms with E-state index in [0.29, 0.717) is 5.82 Å². The number of benzene rings is 1. The first kappa shape index (κ1) is 8.23. The van der Waals surface area contributed by atoms with Crippen LogP contribution in [-0.2, 0) is 0 Å². The molecule has 0 amide bonds. The first-order valence-corrected chi connectivity index (χ1v) is 4.71. The van der Waals surface area contributed by atoms with E-state index in [2.05, 4.69) is 10.3 Å². The first-order chi connectivity index (χ1) is 7.33. The third-order valence-corrected chi connectivity index (χ3v) is 2.26. The van der Waals surface area contributed by atoms with E-state index in [1.54, 1.807) is 4.68 Å². The molecule has 4 nitrogen and oxygen atoms in total. The van der Waals surface area contributed by atoms with Crippen molar-refractivity contribution in [2.24, 2.45) is 0 Å². The van der Waals surface area contributed by atoms with Gasteiger partial charge >= 0.3 is 0 Å². The fourth-order valence-electron chi connectivity index (χ4n) is 1.54. The van der Waals surface area contributed by atoms with Gasteiger partial charge in [0.05, 0.1) is 5.52 Å². The van der Waals surface area contributed by atoms with Gasteiger partial charge in [0.15, 0.2) is 5.82 Å². The van der Waals surface area contributed by atoms with Crippen LogP contribution < -0.4 is 0 Å². The van der Waals surface area contributed by atoms with Crippen LogP contribution in [0, 0.1) is 6.92 Å². The standard InChI is InChI=1S/C11H9N3O/c1-8-6-11(13-15-8)14-7-9-4-2-3-5-10(9)12-14/h2-7H,1H3. The van der Waals surface area contributed by atoms with Crippen LogP contribution in [0.2, 0.25) is 0 Å². The minimum Gasteiger partial charge on any atom is -0.359 e. The molecule has 0 aliphatic carbocycles. The molecular weight excluding hydrogens is 190 g/mol. The maximum Gasteiger partial charge on any atom is 0.196 e. The Labute approximate surface area is 86.1 Å². The number of hydrogen-bond donors (Lipinski definition) is 0. The summed E-state index contributed by atoms with van der Waals surface area (Å²) in [6.07, 6.45) is 1.94. The number of rotatable bonds is 1. The topological polar surface area (TPSA) is 43.9 Å². The Morgan fingerprint density at radius 2 is 2.13 bits per heavy atom. The lowest BCUT2D eigenvalue weighted by atomic mass is 10.3. The second-order valence-corrected chi connectivity index (χ2v) is 3.43. The molecule has 3 rings (SSSR count). The molecule has 0 saturated heterocycles. The van der Waals surface area contributed by atoms with E-state index in [-0.39, 0.29) is 0 Å². The Bertz CT molecular complexity index is 576. The third kappa shape index (κ3) is 1.30. The summed E-state index contributed by atoms with van der Waals surface area (Å²) in [5.41, 5.74) is 0.957. The highest BCUT2D eigenvalue weighted by atomic mass is 16.5. The van der Waals surface area contributed by atoms with Crippen LogP contribution in [0.25, 0.3) is 16.7 Å². The monoisotopic (exact) mass is 199 g/mol. The summed E-state index contributed by atoms with van der Waals surface area (Å²) < 4.78 is 6.73. The van der Waals surface area contributed by atoms with E-state index in [9.17, 15) is 0 Å². The van der Waals surface area contributed by atoms with E-state index >= 15 is 0 Å². The van der Waals surface area contributed by atoms with Crippen LogP contribution in [-0.4, -0.2) is 14.9 Å². The average Bonchev–Trinajstić information content (AvgIpc) is 2.82. The normalized spacial score (nSPS) is 11.0. The number of nitrogens with zero attached hydrogens (tertiary/aromatic N) is 3. The van der Waals surface area contributed by atoms with Gasteiger partial charge in [-0.05, 0) is 13.0 Å². The predicted octanol–water partition coefficient (Wildman–Crippen LogP) is 2.32. The molecule has 2 heterocycles. The van der Waals surface area contributed by atoms with Crippen molar-refractivity contribution in [2.75, 3.05) is 0 Å². The van der Waals surface area contributed by atoms with E-state index in [0.717, 1.165) is 16.7 Å². The molecule has 74 valence electrons. The van der Waals surface area contributed by atoms with E-state index in [1.165, 1.54) is 0 Å². The lowest BCUT2D eigenvalue weighted by molar-refractivity contribution is 0.393. The molecule has 0 spiro atoms. The molecule has 3 aromatic rings. The van der Waals surface area contributed by atoms with Gasteiger partial charge < -0.3 is 4.52 Å². The van der Waals surface area contributed by atoms with E-state index in [4.69, 9.17) is 4.52 Å². The quantitative estimate of drug-likeness (QED) is 0.604. The molecule has 4 heteroatoms. The van der Waals surface area contributed by atoms with Crippen molar-refractivity contribution >= 4 is 10.9 Å². The first-order valence-electron chi connectivity index (χ1n) is 4.71. The van der Waals surface area contributed by atoms with Crippen molar-refractivity contribution in [3.63, 3.8) is 0 Å². The fraction of sp³-hybridized carbons (Fsp3) is 0.0909. The smallest absolute Gasteiger partial charge is 0.196 e. The molecule has 15 heavy (non-hydrogen) atoms. The fourth-order valence-corrected chi connectivity index (χ4v) is 1.54. The van der Waals surface area contributed by atoms with Crippen LogP contribution in [0.3, 0.4) is 0 Å². The van der Waals surface area contributed by atoms with Gasteiger partial charge in [0.1, 0.15) is 5.76 Å².